The number of hydrogen-bond acceptors (Lipinski definition) is 3. The van der Waals surface area contributed by atoms with Gasteiger partial charge in [-0.2, -0.15) is 0 Å². The van der Waals surface area contributed by atoms with Crippen LogP contribution in [-0.2, 0) is 0 Å². The van der Waals surface area contributed by atoms with E-state index < -0.39 is 0 Å². The maximum atomic E-state index is 6.24. The van der Waals surface area contributed by atoms with Gasteiger partial charge in [0.2, 0.25) is 0 Å². The fourth-order valence-electron chi connectivity index (χ4n) is 2.94. The first kappa shape index (κ1) is 14.2. The predicted octanol–water partition coefficient (Wildman–Crippen LogP) is 3.86. The van der Waals surface area contributed by atoms with E-state index in [4.69, 9.17) is 9.47 Å². The van der Waals surface area contributed by atoms with Gasteiger partial charge in [-0.1, -0.05) is 15.9 Å². The SMILES string of the molecule is COc1cc(Br)cc(C2CCCNC2)c1OC1CCC1. The number of benzene rings is 1. The Morgan fingerprint density at radius 2 is 2.05 bits per heavy atom. The molecule has 0 amide bonds. The molecule has 1 atom stereocenters. The Morgan fingerprint density at radius 3 is 2.65 bits per heavy atom. The van der Waals surface area contributed by atoms with Gasteiger partial charge in [0, 0.05) is 22.5 Å². The van der Waals surface area contributed by atoms with Gasteiger partial charge in [0.25, 0.3) is 0 Å². The summed E-state index contributed by atoms with van der Waals surface area (Å²) in [6.07, 6.45) is 6.43. The average Bonchev–Trinajstić information content (AvgIpc) is 2.44. The highest BCUT2D eigenvalue weighted by Crippen LogP contribution is 2.42. The van der Waals surface area contributed by atoms with Crippen molar-refractivity contribution >= 4 is 15.9 Å². The second-order valence-corrected chi connectivity index (χ2v) is 6.66. The van der Waals surface area contributed by atoms with Crippen LogP contribution in [0.1, 0.15) is 43.6 Å². The Bertz CT molecular complexity index is 468. The van der Waals surface area contributed by atoms with Crippen LogP contribution in [0.15, 0.2) is 16.6 Å². The van der Waals surface area contributed by atoms with Crippen molar-refractivity contribution in [2.45, 2.75) is 44.1 Å². The molecule has 0 aromatic heterocycles. The van der Waals surface area contributed by atoms with Gasteiger partial charge in [0.1, 0.15) is 0 Å². The van der Waals surface area contributed by atoms with E-state index in [1.807, 2.05) is 6.07 Å². The number of piperidine rings is 1. The lowest BCUT2D eigenvalue weighted by atomic mass is 9.90. The Hall–Kier alpha value is -0.740. The largest absolute Gasteiger partial charge is 0.493 e. The first-order valence-corrected chi connectivity index (χ1v) is 8.32. The van der Waals surface area contributed by atoms with Gasteiger partial charge in [0.15, 0.2) is 11.5 Å². The van der Waals surface area contributed by atoms with E-state index in [1.165, 1.54) is 37.7 Å². The summed E-state index contributed by atoms with van der Waals surface area (Å²) in [6.45, 7) is 2.15. The van der Waals surface area contributed by atoms with E-state index in [1.54, 1.807) is 7.11 Å². The molecule has 1 aromatic rings. The summed E-state index contributed by atoms with van der Waals surface area (Å²) in [5, 5.41) is 3.49. The van der Waals surface area contributed by atoms with Crippen LogP contribution in [0, 0.1) is 0 Å². The van der Waals surface area contributed by atoms with Crippen molar-refractivity contribution in [1.29, 1.82) is 0 Å². The monoisotopic (exact) mass is 339 g/mol. The van der Waals surface area contributed by atoms with Gasteiger partial charge in [-0.05, 0) is 50.8 Å². The van der Waals surface area contributed by atoms with Gasteiger partial charge in [-0.3, -0.25) is 0 Å². The number of nitrogens with one attached hydrogen (secondary N) is 1. The van der Waals surface area contributed by atoms with Gasteiger partial charge >= 0.3 is 0 Å². The Morgan fingerprint density at radius 1 is 1.20 bits per heavy atom. The molecule has 1 saturated heterocycles. The first-order valence-electron chi connectivity index (χ1n) is 7.52. The molecule has 0 bridgehead atoms. The van der Waals surface area contributed by atoms with E-state index >= 15 is 0 Å². The summed E-state index contributed by atoms with van der Waals surface area (Å²) in [5.41, 5.74) is 1.29. The molecule has 3 nitrogen and oxygen atoms in total. The zero-order valence-corrected chi connectivity index (χ0v) is 13.5. The summed E-state index contributed by atoms with van der Waals surface area (Å²) in [5.74, 6) is 2.34. The van der Waals surface area contributed by atoms with Crippen molar-refractivity contribution in [3.8, 4) is 11.5 Å². The molecule has 1 saturated carbocycles. The minimum absolute atomic E-state index is 0.375. The molecule has 1 aromatic carbocycles. The highest BCUT2D eigenvalue weighted by atomic mass is 79.9. The maximum absolute atomic E-state index is 6.24. The number of rotatable bonds is 4. The Labute approximate surface area is 129 Å². The fraction of sp³-hybridized carbons (Fsp3) is 0.625. The first-order chi connectivity index (χ1) is 9.78. The van der Waals surface area contributed by atoms with E-state index in [2.05, 4.69) is 27.3 Å². The van der Waals surface area contributed by atoms with Gasteiger partial charge in [-0.15, -0.1) is 0 Å². The molecule has 1 aliphatic heterocycles. The zero-order valence-electron chi connectivity index (χ0n) is 12.0. The molecule has 1 unspecified atom stereocenters. The van der Waals surface area contributed by atoms with Crippen LogP contribution in [0.25, 0.3) is 0 Å². The third-order valence-electron chi connectivity index (χ3n) is 4.34. The molecular formula is C16H22BrNO2. The number of hydrogen-bond donors (Lipinski definition) is 1. The minimum atomic E-state index is 0.375. The topological polar surface area (TPSA) is 30.5 Å². The third-order valence-corrected chi connectivity index (χ3v) is 4.80. The Kier molecular flexibility index (Phi) is 4.51. The molecule has 4 heteroatoms. The molecule has 20 heavy (non-hydrogen) atoms. The zero-order chi connectivity index (χ0) is 13.9. The normalized spacial score (nSPS) is 23.2. The van der Waals surface area contributed by atoms with Crippen LogP contribution < -0.4 is 14.8 Å². The lowest BCUT2D eigenvalue weighted by Gasteiger charge is -2.31. The van der Waals surface area contributed by atoms with Crippen molar-refractivity contribution in [3.63, 3.8) is 0 Å². The maximum Gasteiger partial charge on any atom is 0.165 e. The molecule has 1 N–H and O–H groups in total. The second-order valence-electron chi connectivity index (χ2n) is 5.74. The predicted molar refractivity (Wildman–Crippen MR) is 83.8 cm³/mol. The minimum Gasteiger partial charge on any atom is -0.493 e. The summed E-state index contributed by atoms with van der Waals surface area (Å²) in [6, 6.07) is 4.21. The average molecular weight is 340 g/mol. The molecule has 3 rings (SSSR count). The highest BCUT2D eigenvalue weighted by Gasteiger charge is 2.26. The summed E-state index contributed by atoms with van der Waals surface area (Å²) < 4.78 is 12.9. The van der Waals surface area contributed by atoms with Crippen molar-refractivity contribution in [2.75, 3.05) is 20.2 Å². The lowest BCUT2D eigenvalue weighted by molar-refractivity contribution is 0.114. The van der Waals surface area contributed by atoms with Gasteiger partial charge < -0.3 is 14.8 Å². The quantitative estimate of drug-likeness (QED) is 0.903. The molecule has 0 radical (unpaired) electrons. The number of methoxy groups -OCH3 is 1. The molecular weight excluding hydrogens is 318 g/mol. The summed E-state index contributed by atoms with van der Waals surface area (Å²) in [4.78, 5) is 0. The molecule has 1 heterocycles. The van der Waals surface area contributed by atoms with Crippen LogP contribution in [0.2, 0.25) is 0 Å². The molecule has 1 aliphatic carbocycles. The summed E-state index contributed by atoms with van der Waals surface area (Å²) in [7, 11) is 1.72. The van der Waals surface area contributed by atoms with Crippen LogP contribution in [0.3, 0.4) is 0 Å². The fourth-order valence-corrected chi connectivity index (χ4v) is 3.40. The van der Waals surface area contributed by atoms with Crippen LogP contribution in [-0.4, -0.2) is 26.3 Å². The van der Waals surface area contributed by atoms with Crippen LogP contribution in [0.4, 0.5) is 0 Å². The highest BCUT2D eigenvalue weighted by molar-refractivity contribution is 9.10. The van der Waals surface area contributed by atoms with Crippen molar-refractivity contribution in [1.82, 2.24) is 5.32 Å². The van der Waals surface area contributed by atoms with Crippen molar-refractivity contribution < 1.29 is 9.47 Å². The van der Waals surface area contributed by atoms with Crippen molar-refractivity contribution in [2.24, 2.45) is 0 Å². The molecule has 0 spiro atoms. The van der Waals surface area contributed by atoms with E-state index in [0.29, 0.717) is 12.0 Å². The van der Waals surface area contributed by atoms with Gasteiger partial charge in [0.05, 0.1) is 13.2 Å². The van der Waals surface area contributed by atoms with Gasteiger partial charge in [-0.25, -0.2) is 0 Å². The third kappa shape index (κ3) is 2.96. The Balaban J connectivity index is 1.93. The van der Waals surface area contributed by atoms with E-state index in [9.17, 15) is 0 Å². The van der Waals surface area contributed by atoms with Crippen LogP contribution >= 0.6 is 15.9 Å². The van der Waals surface area contributed by atoms with E-state index in [0.717, 1.165) is 29.1 Å². The second kappa shape index (κ2) is 6.35. The standard InChI is InChI=1S/C16H22BrNO2/c1-19-15-9-12(17)8-14(11-4-3-7-18-10-11)16(15)20-13-5-2-6-13/h8-9,11,13,18H,2-7,10H2,1H3. The smallest absolute Gasteiger partial charge is 0.165 e. The number of halogens is 1. The molecule has 2 aliphatic rings. The lowest BCUT2D eigenvalue weighted by Crippen LogP contribution is -2.30. The van der Waals surface area contributed by atoms with Crippen LogP contribution in [0.5, 0.6) is 11.5 Å². The summed E-state index contributed by atoms with van der Waals surface area (Å²) >= 11 is 3.60. The molecule has 110 valence electrons. The van der Waals surface area contributed by atoms with E-state index in [-0.39, 0.29) is 0 Å². The van der Waals surface area contributed by atoms with Crippen molar-refractivity contribution in [3.05, 3.63) is 22.2 Å². The number of ether oxygens (including phenoxy) is 2. The molecule has 2 fully saturated rings.